The van der Waals surface area contributed by atoms with Gasteiger partial charge in [0.15, 0.2) is 11.5 Å². The summed E-state index contributed by atoms with van der Waals surface area (Å²) in [7, 11) is -1.50. The van der Waals surface area contributed by atoms with Gasteiger partial charge in [-0.2, -0.15) is 4.72 Å². The van der Waals surface area contributed by atoms with E-state index in [9.17, 15) is 23.1 Å². The van der Waals surface area contributed by atoms with E-state index in [2.05, 4.69) is 25.0 Å². The third kappa shape index (κ3) is 7.95. The van der Waals surface area contributed by atoms with Crippen LogP contribution in [-0.2, 0) is 21.2 Å². The summed E-state index contributed by atoms with van der Waals surface area (Å²) in [4.78, 5) is 36.2. The van der Waals surface area contributed by atoms with Crippen LogP contribution in [0.4, 0.5) is 0 Å². The highest BCUT2D eigenvalue weighted by Gasteiger charge is 2.27. The number of aliphatic imine (C=N–C) groups is 1. The number of aromatic amines is 1. The van der Waals surface area contributed by atoms with Gasteiger partial charge in [-0.05, 0) is 42.7 Å². The lowest BCUT2D eigenvalue weighted by Crippen LogP contribution is -2.42. The fourth-order valence-corrected chi connectivity index (χ4v) is 5.79. The Kier molecular flexibility index (Phi) is 10.3. The van der Waals surface area contributed by atoms with Crippen molar-refractivity contribution in [2.75, 3.05) is 27.3 Å². The molecule has 0 aliphatic carbocycles. The van der Waals surface area contributed by atoms with E-state index >= 15 is 0 Å². The van der Waals surface area contributed by atoms with Gasteiger partial charge in [0, 0.05) is 32.0 Å². The van der Waals surface area contributed by atoms with Crippen molar-refractivity contribution < 1.29 is 27.8 Å². The van der Waals surface area contributed by atoms with Crippen LogP contribution in [0.15, 0.2) is 57.2 Å². The fourth-order valence-electron chi connectivity index (χ4n) is 4.58. The Bertz CT molecular complexity index is 1650. The molecular formula is C29H35N5O7S. The van der Waals surface area contributed by atoms with E-state index in [0.717, 1.165) is 37.2 Å². The molecule has 1 aliphatic heterocycles. The second-order valence-corrected chi connectivity index (χ2v) is 11.5. The Hall–Kier alpha value is -4.23. The van der Waals surface area contributed by atoms with Crippen LogP contribution >= 0.6 is 0 Å². The van der Waals surface area contributed by atoms with Crippen molar-refractivity contribution in [1.82, 2.24) is 20.0 Å². The van der Waals surface area contributed by atoms with Gasteiger partial charge in [0.1, 0.15) is 11.9 Å². The van der Waals surface area contributed by atoms with Crippen LogP contribution in [0.3, 0.4) is 0 Å². The zero-order valence-electron chi connectivity index (χ0n) is 23.6. The predicted octanol–water partition coefficient (Wildman–Crippen LogP) is 2.88. The highest BCUT2D eigenvalue weighted by atomic mass is 32.2. The van der Waals surface area contributed by atoms with Gasteiger partial charge in [-0.3, -0.25) is 14.6 Å². The molecule has 2 heterocycles. The van der Waals surface area contributed by atoms with Crippen molar-refractivity contribution in [3.63, 3.8) is 0 Å². The van der Waals surface area contributed by atoms with Gasteiger partial charge in [-0.1, -0.05) is 31.1 Å². The normalized spacial score (nSPS) is 15.0. The number of nitrogens with zero attached hydrogens (tertiary/aromatic N) is 2. The molecule has 42 heavy (non-hydrogen) atoms. The van der Waals surface area contributed by atoms with Crippen molar-refractivity contribution in [2.45, 2.75) is 49.5 Å². The van der Waals surface area contributed by atoms with Crippen LogP contribution in [0.25, 0.3) is 17.0 Å². The van der Waals surface area contributed by atoms with E-state index in [-0.39, 0.29) is 22.9 Å². The zero-order chi connectivity index (χ0) is 30.1. The number of benzene rings is 2. The van der Waals surface area contributed by atoms with Gasteiger partial charge in [0.2, 0.25) is 10.0 Å². The van der Waals surface area contributed by atoms with Crippen molar-refractivity contribution in [2.24, 2.45) is 4.99 Å². The Morgan fingerprint density at radius 1 is 1.10 bits per heavy atom. The minimum atomic E-state index is -4.27. The van der Waals surface area contributed by atoms with E-state index in [1.807, 2.05) is 12.2 Å². The lowest BCUT2D eigenvalue weighted by molar-refractivity contribution is -0.139. The summed E-state index contributed by atoms with van der Waals surface area (Å²) >= 11 is 0. The number of aliphatic carboxylic acids is 1. The highest BCUT2D eigenvalue weighted by molar-refractivity contribution is 7.89. The van der Waals surface area contributed by atoms with Gasteiger partial charge >= 0.3 is 5.97 Å². The number of aromatic nitrogens is 2. The van der Waals surface area contributed by atoms with Crippen LogP contribution in [0, 0.1) is 0 Å². The minimum Gasteiger partial charge on any atom is -0.493 e. The molecule has 1 aliphatic rings. The lowest BCUT2D eigenvalue weighted by Gasteiger charge is -2.16. The molecule has 0 amide bonds. The fraction of sp³-hybridized carbons (Fsp3) is 0.379. The van der Waals surface area contributed by atoms with E-state index < -0.39 is 27.6 Å². The molecule has 4 N–H and O–H groups in total. The average Bonchev–Trinajstić information content (AvgIpc) is 2.95. The molecule has 12 nitrogen and oxygen atoms in total. The first-order valence-corrected chi connectivity index (χ1v) is 15.1. The van der Waals surface area contributed by atoms with Crippen molar-refractivity contribution in [3.8, 4) is 11.5 Å². The monoisotopic (exact) mass is 597 g/mol. The van der Waals surface area contributed by atoms with Crippen molar-refractivity contribution in [3.05, 3.63) is 64.2 Å². The third-order valence-corrected chi connectivity index (χ3v) is 8.26. The number of ether oxygens (including phenoxy) is 2. The maximum atomic E-state index is 13.0. The number of methoxy groups -OCH3 is 2. The zero-order valence-corrected chi connectivity index (χ0v) is 24.4. The number of rotatable bonds is 11. The quantitative estimate of drug-likeness (QED) is 0.259. The number of carboxylic acids is 1. The molecule has 0 saturated heterocycles. The molecule has 0 saturated carbocycles. The summed E-state index contributed by atoms with van der Waals surface area (Å²) in [5.74, 6) is 0.114. The number of hydrogen-bond acceptors (Lipinski definition) is 9. The van der Waals surface area contributed by atoms with Crippen LogP contribution in [0.5, 0.6) is 11.5 Å². The molecule has 0 radical (unpaired) electrons. The van der Waals surface area contributed by atoms with E-state index in [1.165, 1.54) is 45.3 Å². The van der Waals surface area contributed by atoms with Crippen molar-refractivity contribution >= 4 is 38.8 Å². The molecule has 13 heteroatoms. The van der Waals surface area contributed by atoms with Gasteiger partial charge in [0.25, 0.3) is 5.56 Å². The summed E-state index contributed by atoms with van der Waals surface area (Å²) in [5.41, 5.74) is 0.703. The summed E-state index contributed by atoms with van der Waals surface area (Å²) in [6, 6.07) is 7.47. The first-order valence-electron chi connectivity index (χ1n) is 13.6. The van der Waals surface area contributed by atoms with Crippen LogP contribution in [-0.4, -0.2) is 68.6 Å². The molecule has 224 valence electrons. The molecule has 2 aromatic carbocycles. The molecular weight excluding hydrogens is 562 g/mol. The average molecular weight is 598 g/mol. The maximum absolute atomic E-state index is 13.0. The van der Waals surface area contributed by atoms with E-state index in [4.69, 9.17) is 9.47 Å². The number of hydrogen-bond donors (Lipinski definition) is 4. The number of H-pyrrole nitrogens is 1. The number of amidine groups is 1. The molecule has 3 aromatic rings. The first kappa shape index (κ1) is 30.7. The smallest absolute Gasteiger partial charge is 0.322 e. The SMILES string of the molecule is COc1ccc(S(=O)(=O)N[C@@H](Cc2nc3ccc(C=CCNC4=NCCCCCC4)cc3c(=O)[nH]2)C(=O)O)cc1OC. The molecule has 4 rings (SSSR count). The summed E-state index contributed by atoms with van der Waals surface area (Å²) in [5, 5.41) is 13.4. The van der Waals surface area contributed by atoms with Crippen LogP contribution in [0.1, 0.15) is 43.5 Å². The largest absolute Gasteiger partial charge is 0.493 e. The van der Waals surface area contributed by atoms with E-state index in [0.29, 0.717) is 23.2 Å². The molecule has 0 unspecified atom stereocenters. The van der Waals surface area contributed by atoms with Gasteiger partial charge in [-0.15, -0.1) is 0 Å². The van der Waals surface area contributed by atoms with Crippen LogP contribution in [0.2, 0.25) is 0 Å². The molecule has 1 atom stereocenters. The minimum absolute atomic E-state index is 0.0300. The van der Waals surface area contributed by atoms with E-state index in [1.54, 1.807) is 18.2 Å². The number of nitrogens with one attached hydrogen (secondary N) is 3. The molecule has 0 bridgehead atoms. The number of carbonyl (C=O) groups is 1. The topological polar surface area (TPSA) is 172 Å². The first-order chi connectivity index (χ1) is 20.2. The maximum Gasteiger partial charge on any atom is 0.322 e. The summed E-state index contributed by atoms with van der Waals surface area (Å²) in [6.07, 6.45) is 9.13. The lowest BCUT2D eigenvalue weighted by atomic mass is 10.1. The predicted molar refractivity (Wildman–Crippen MR) is 160 cm³/mol. The second kappa shape index (κ2) is 14.1. The molecule has 1 aromatic heterocycles. The van der Waals surface area contributed by atoms with Gasteiger partial charge in [-0.25, -0.2) is 13.4 Å². The van der Waals surface area contributed by atoms with Crippen LogP contribution < -0.4 is 25.1 Å². The Balaban J connectivity index is 1.46. The number of sulfonamides is 1. The second-order valence-electron chi connectivity index (χ2n) is 9.80. The Labute approximate surface area is 243 Å². The number of fused-ring (bicyclic) bond motifs is 1. The molecule has 0 spiro atoms. The van der Waals surface area contributed by atoms with Gasteiger partial charge in [0.05, 0.1) is 35.9 Å². The standard InChI is InChI=1S/C29H35N5O7S/c1-40-24-13-11-20(17-25(24)41-2)42(38,39)34-23(29(36)37)18-27-32-22-12-10-19(16-21(22)28(35)33-27)8-7-15-31-26-9-5-3-4-6-14-30-26/h7-8,10-13,16-17,23,34H,3-6,9,14-15,18H2,1-2H3,(H,30,31)(H,36,37)(H,32,33,35)/t23-/m0/s1. The van der Waals surface area contributed by atoms with Gasteiger partial charge < -0.3 is 24.9 Å². The Morgan fingerprint density at radius 3 is 2.64 bits per heavy atom. The number of carboxylic acid groups (broad SMARTS) is 1. The highest BCUT2D eigenvalue weighted by Crippen LogP contribution is 2.29. The third-order valence-electron chi connectivity index (χ3n) is 6.80. The summed E-state index contributed by atoms with van der Waals surface area (Å²) in [6.45, 7) is 1.46. The summed E-state index contributed by atoms with van der Waals surface area (Å²) < 4.78 is 38.4. The van der Waals surface area contributed by atoms with Crippen molar-refractivity contribution in [1.29, 1.82) is 0 Å². The molecule has 0 fully saturated rings. The Morgan fingerprint density at radius 2 is 1.88 bits per heavy atom.